The molecule has 0 saturated heterocycles. The van der Waals surface area contributed by atoms with Gasteiger partial charge in [-0.3, -0.25) is 14.4 Å². The van der Waals surface area contributed by atoms with Crippen molar-refractivity contribution in [1.82, 2.24) is 0 Å². The van der Waals surface area contributed by atoms with Gasteiger partial charge in [-0.15, -0.1) is 0 Å². The number of benzene rings is 2. The van der Waals surface area contributed by atoms with E-state index in [9.17, 15) is 14.4 Å². The number of ether oxygens (including phenoxy) is 1. The first-order chi connectivity index (χ1) is 11.2. The Bertz CT molecular complexity index is 631. The molecule has 0 spiro atoms. The summed E-state index contributed by atoms with van der Waals surface area (Å²) in [5.74, 6) is -1.000. The maximum absolute atomic E-state index is 10.8. The lowest BCUT2D eigenvalue weighted by Crippen LogP contribution is -2.03. The molecule has 0 aliphatic heterocycles. The predicted octanol–water partition coefficient (Wildman–Crippen LogP) is 4.29. The van der Waals surface area contributed by atoms with Gasteiger partial charge in [-0.2, -0.15) is 0 Å². The van der Waals surface area contributed by atoms with E-state index in [-0.39, 0.29) is 5.78 Å². The van der Waals surface area contributed by atoms with E-state index in [1.54, 1.807) is 6.92 Å². The van der Waals surface area contributed by atoms with Gasteiger partial charge in [0, 0.05) is 19.4 Å². The molecule has 0 N–H and O–H groups in total. The maximum Gasteiger partial charge on any atom is 0.310 e. The van der Waals surface area contributed by atoms with Crippen LogP contribution in [0.1, 0.15) is 42.3 Å². The topological polar surface area (TPSA) is 60.4 Å². The smallest absolute Gasteiger partial charge is 0.310 e. The Hall–Kier alpha value is -2.75. The van der Waals surface area contributed by atoms with E-state index in [0.717, 1.165) is 5.56 Å². The van der Waals surface area contributed by atoms with Gasteiger partial charge in [0.05, 0.1) is 0 Å². The van der Waals surface area contributed by atoms with Gasteiger partial charge in [-0.1, -0.05) is 65.7 Å². The summed E-state index contributed by atoms with van der Waals surface area (Å²) in [6.45, 7) is 8.03. The van der Waals surface area contributed by atoms with Crippen LogP contribution in [0.4, 0.5) is 0 Å². The first kappa shape index (κ1) is 21.2. The largest absolute Gasteiger partial charge is 0.394 e. The minimum absolute atomic E-state index is 0.125. The van der Waals surface area contributed by atoms with Crippen molar-refractivity contribution in [3.8, 4) is 0 Å². The number of hydrogen-bond acceptors (Lipinski definition) is 4. The molecule has 4 nitrogen and oxygen atoms in total. The zero-order valence-electron chi connectivity index (χ0n) is 14.8. The Balaban J connectivity index is 0.000000340. The molecule has 0 radical (unpaired) electrons. The van der Waals surface area contributed by atoms with Crippen LogP contribution in [0.5, 0.6) is 0 Å². The van der Waals surface area contributed by atoms with Crippen molar-refractivity contribution >= 4 is 17.7 Å². The van der Waals surface area contributed by atoms with Gasteiger partial charge >= 0.3 is 11.9 Å². The number of esters is 2. The zero-order chi connectivity index (χ0) is 18.5. The molecular weight excluding hydrogens is 304 g/mol. The van der Waals surface area contributed by atoms with E-state index in [0.29, 0.717) is 0 Å². The predicted molar refractivity (Wildman–Crippen MR) is 94.8 cm³/mol. The number of Topliss-reactive ketones (excluding diaryl/α,β-unsaturated/α-hetero) is 1. The van der Waals surface area contributed by atoms with Gasteiger partial charge in [0.15, 0.2) is 5.78 Å². The average Bonchev–Trinajstić information content (AvgIpc) is 2.48. The minimum Gasteiger partial charge on any atom is -0.394 e. The molecule has 0 aromatic heterocycles. The van der Waals surface area contributed by atoms with Crippen LogP contribution in [0.25, 0.3) is 0 Å². The first-order valence-electron chi connectivity index (χ1n) is 7.50. The molecule has 0 aliphatic carbocycles. The lowest BCUT2D eigenvalue weighted by atomic mass is 10.1. The van der Waals surface area contributed by atoms with Crippen LogP contribution < -0.4 is 0 Å². The molecule has 0 unspecified atom stereocenters. The molecular formula is C20H24O4. The fraction of sp³-hybridized carbons (Fsp3) is 0.250. The van der Waals surface area contributed by atoms with E-state index in [1.807, 2.05) is 49.4 Å². The Kier molecular flexibility index (Phi) is 10.4. The van der Waals surface area contributed by atoms with Crippen LogP contribution in [0.2, 0.25) is 0 Å². The van der Waals surface area contributed by atoms with E-state index in [4.69, 9.17) is 0 Å². The fourth-order valence-electron chi connectivity index (χ4n) is 1.53. The van der Waals surface area contributed by atoms with Crippen LogP contribution in [0.15, 0.2) is 54.6 Å². The summed E-state index contributed by atoms with van der Waals surface area (Å²) in [6.07, 6.45) is 0. The third-order valence-corrected chi connectivity index (χ3v) is 2.69. The summed E-state index contributed by atoms with van der Waals surface area (Å²) in [7, 11) is 0. The van der Waals surface area contributed by atoms with Crippen molar-refractivity contribution in [2.24, 2.45) is 0 Å². The average molecular weight is 328 g/mol. The highest BCUT2D eigenvalue weighted by Crippen LogP contribution is 2.02. The highest BCUT2D eigenvalue weighted by molar-refractivity contribution is 5.93. The maximum atomic E-state index is 10.8. The van der Waals surface area contributed by atoms with Crippen molar-refractivity contribution in [3.05, 3.63) is 71.3 Å². The Morgan fingerprint density at radius 1 is 0.667 bits per heavy atom. The molecule has 2 aromatic rings. The molecule has 0 heterocycles. The van der Waals surface area contributed by atoms with Crippen LogP contribution >= 0.6 is 0 Å². The molecule has 0 bridgehead atoms. The number of hydrogen-bond donors (Lipinski definition) is 0. The minimum atomic E-state index is -0.562. The van der Waals surface area contributed by atoms with Gasteiger partial charge in [0.1, 0.15) is 0 Å². The Morgan fingerprint density at radius 3 is 1.33 bits per heavy atom. The van der Waals surface area contributed by atoms with Gasteiger partial charge in [0.25, 0.3) is 0 Å². The van der Waals surface area contributed by atoms with Crippen molar-refractivity contribution in [3.63, 3.8) is 0 Å². The van der Waals surface area contributed by atoms with Crippen LogP contribution in [-0.4, -0.2) is 17.7 Å². The number of ketones is 1. The van der Waals surface area contributed by atoms with Crippen molar-refractivity contribution in [2.45, 2.75) is 34.6 Å². The Labute approximate surface area is 143 Å². The normalized spacial score (nSPS) is 8.71. The zero-order valence-corrected chi connectivity index (χ0v) is 14.8. The van der Waals surface area contributed by atoms with Crippen molar-refractivity contribution in [1.29, 1.82) is 0 Å². The number of carbonyl (C=O) groups excluding carboxylic acids is 3. The SMILES string of the molecule is CC(=O)OC(C)=O.CC(=O)c1ccc(C)cc1.Cc1ccccc1. The van der Waals surface area contributed by atoms with Gasteiger partial charge < -0.3 is 4.74 Å². The molecule has 4 heteroatoms. The molecule has 0 amide bonds. The van der Waals surface area contributed by atoms with Crippen molar-refractivity contribution < 1.29 is 19.1 Å². The van der Waals surface area contributed by atoms with E-state index < -0.39 is 11.9 Å². The van der Waals surface area contributed by atoms with Gasteiger partial charge in [0.2, 0.25) is 0 Å². The number of carbonyl (C=O) groups is 3. The summed E-state index contributed by atoms with van der Waals surface area (Å²) in [5.41, 5.74) is 3.29. The van der Waals surface area contributed by atoms with Crippen LogP contribution in [0, 0.1) is 13.8 Å². The molecule has 0 saturated carbocycles. The molecule has 0 atom stereocenters. The second-order valence-corrected chi connectivity index (χ2v) is 5.16. The standard InChI is InChI=1S/C9H10O.C7H8.C4H6O3/c1-7-3-5-9(6-4-7)8(2)10;1-7-5-3-2-4-6-7;1-3(5)7-4(2)6/h3-6H,1-2H3;2-6H,1H3;1-2H3. The lowest BCUT2D eigenvalue weighted by Gasteiger charge is -1.93. The van der Waals surface area contributed by atoms with E-state index in [2.05, 4.69) is 23.8 Å². The van der Waals surface area contributed by atoms with Crippen molar-refractivity contribution in [2.75, 3.05) is 0 Å². The highest BCUT2D eigenvalue weighted by atomic mass is 16.6. The number of rotatable bonds is 1. The lowest BCUT2D eigenvalue weighted by molar-refractivity contribution is -0.156. The summed E-state index contributed by atoms with van der Waals surface area (Å²) >= 11 is 0. The fourth-order valence-corrected chi connectivity index (χ4v) is 1.53. The van der Waals surface area contributed by atoms with E-state index >= 15 is 0 Å². The third-order valence-electron chi connectivity index (χ3n) is 2.69. The molecule has 128 valence electrons. The molecule has 0 fully saturated rings. The first-order valence-corrected chi connectivity index (χ1v) is 7.50. The molecule has 2 aromatic carbocycles. The summed E-state index contributed by atoms with van der Waals surface area (Å²) < 4.78 is 3.97. The Morgan fingerprint density at radius 2 is 1.08 bits per heavy atom. The van der Waals surface area contributed by atoms with Gasteiger partial charge in [-0.25, -0.2) is 0 Å². The van der Waals surface area contributed by atoms with Crippen LogP contribution in [0.3, 0.4) is 0 Å². The monoisotopic (exact) mass is 328 g/mol. The molecule has 0 aliphatic rings. The van der Waals surface area contributed by atoms with Gasteiger partial charge in [-0.05, 0) is 20.8 Å². The third kappa shape index (κ3) is 11.9. The second kappa shape index (κ2) is 11.8. The highest BCUT2D eigenvalue weighted by Gasteiger charge is 1.95. The number of aryl methyl sites for hydroxylation is 2. The molecule has 2 rings (SSSR count). The van der Waals surface area contributed by atoms with Crippen LogP contribution in [-0.2, 0) is 14.3 Å². The summed E-state index contributed by atoms with van der Waals surface area (Å²) in [6, 6.07) is 17.8. The summed E-state index contributed by atoms with van der Waals surface area (Å²) in [4.78, 5) is 30.4. The second-order valence-electron chi connectivity index (χ2n) is 5.16. The van der Waals surface area contributed by atoms with E-state index in [1.165, 1.54) is 25.0 Å². The summed E-state index contributed by atoms with van der Waals surface area (Å²) in [5, 5.41) is 0. The quantitative estimate of drug-likeness (QED) is 0.445. The molecule has 24 heavy (non-hydrogen) atoms.